The lowest BCUT2D eigenvalue weighted by molar-refractivity contribution is -0.133. The Labute approximate surface area is 140 Å². The van der Waals surface area contributed by atoms with Crippen LogP contribution in [0.2, 0.25) is 0 Å². The standard InChI is InChI=1S/C16H21N7O/c1-20(13-6-7-22(16(13)24)11-2-3-11)12-8-21(9-12)15-5-4-14-18-17-10-23(14)19-15/h4-5,10-13H,2-3,6-9H2,1H3. The van der Waals surface area contributed by atoms with Crippen LogP contribution in [0.1, 0.15) is 19.3 Å². The molecule has 2 saturated heterocycles. The molecule has 1 atom stereocenters. The van der Waals surface area contributed by atoms with E-state index < -0.39 is 0 Å². The van der Waals surface area contributed by atoms with E-state index in [0.717, 1.165) is 37.5 Å². The fraction of sp³-hybridized carbons (Fsp3) is 0.625. The number of hydrogen-bond acceptors (Lipinski definition) is 6. The Kier molecular flexibility index (Phi) is 3.03. The number of likely N-dealkylation sites (tertiary alicyclic amines) is 1. The first-order valence-corrected chi connectivity index (χ1v) is 8.65. The Balaban J connectivity index is 1.23. The number of aromatic nitrogens is 4. The Morgan fingerprint density at radius 2 is 2.04 bits per heavy atom. The molecule has 1 amide bonds. The maximum atomic E-state index is 12.6. The summed E-state index contributed by atoms with van der Waals surface area (Å²) in [6.45, 7) is 2.75. The van der Waals surface area contributed by atoms with Crippen LogP contribution in [0.4, 0.5) is 5.82 Å². The lowest BCUT2D eigenvalue weighted by Gasteiger charge is -2.46. The summed E-state index contributed by atoms with van der Waals surface area (Å²) in [5.74, 6) is 1.27. The molecule has 2 aromatic rings. The average Bonchev–Trinajstić information content (AvgIpc) is 3.13. The third-order valence-corrected chi connectivity index (χ3v) is 5.60. The van der Waals surface area contributed by atoms with Crippen LogP contribution in [0.3, 0.4) is 0 Å². The van der Waals surface area contributed by atoms with E-state index in [1.165, 1.54) is 12.8 Å². The normalized spacial score (nSPS) is 25.1. The van der Waals surface area contributed by atoms with Gasteiger partial charge < -0.3 is 9.80 Å². The zero-order chi connectivity index (χ0) is 16.3. The molecular formula is C16H21N7O. The van der Waals surface area contributed by atoms with Gasteiger partial charge in [-0.3, -0.25) is 9.69 Å². The van der Waals surface area contributed by atoms with Gasteiger partial charge in [-0.15, -0.1) is 15.3 Å². The van der Waals surface area contributed by atoms with Crippen LogP contribution in [0, 0.1) is 0 Å². The molecule has 24 heavy (non-hydrogen) atoms. The van der Waals surface area contributed by atoms with Crippen LogP contribution < -0.4 is 4.90 Å². The molecule has 2 aliphatic heterocycles. The topological polar surface area (TPSA) is 69.9 Å². The van der Waals surface area contributed by atoms with Gasteiger partial charge in [0.1, 0.15) is 12.1 Å². The predicted molar refractivity (Wildman–Crippen MR) is 87.7 cm³/mol. The van der Waals surface area contributed by atoms with Crippen LogP contribution in [-0.2, 0) is 4.79 Å². The molecule has 8 nitrogen and oxygen atoms in total. The highest BCUT2D eigenvalue weighted by Gasteiger charge is 2.45. The fourth-order valence-corrected chi connectivity index (χ4v) is 3.85. The van der Waals surface area contributed by atoms with E-state index in [4.69, 9.17) is 0 Å². The van der Waals surface area contributed by atoms with Crippen molar-refractivity contribution in [3.8, 4) is 0 Å². The highest BCUT2D eigenvalue weighted by atomic mass is 16.2. The van der Waals surface area contributed by atoms with E-state index in [9.17, 15) is 4.79 Å². The van der Waals surface area contributed by atoms with Gasteiger partial charge in [-0.2, -0.15) is 4.52 Å². The fourth-order valence-electron chi connectivity index (χ4n) is 3.85. The van der Waals surface area contributed by atoms with Crippen LogP contribution in [0.5, 0.6) is 0 Å². The molecule has 1 aliphatic carbocycles. The van der Waals surface area contributed by atoms with Gasteiger partial charge in [-0.25, -0.2) is 0 Å². The first-order chi connectivity index (χ1) is 11.7. The SMILES string of the molecule is CN(C1CN(c2ccc3nncn3n2)C1)C1CCN(C2CC2)C1=O. The number of hydrogen-bond donors (Lipinski definition) is 0. The summed E-state index contributed by atoms with van der Waals surface area (Å²) >= 11 is 0. The molecule has 1 unspecified atom stereocenters. The molecule has 0 radical (unpaired) electrons. The van der Waals surface area contributed by atoms with Gasteiger partial charge in [-0.1, -0.05) is 0 Å². The van der Waals surface area contributed by atoms with Crippen molar-refractivity contribution in [2.24, 2.45) is 0 Å². The van der Waals surface area contributed by atoms with Crippen molar-refractivity contribution in [1.29, 1.82) is 0 Å². The predicted octanol–water partition coefficient (Wildman–Crippen LogP) is 0.00800. The summed E-state index contributed by atoms with van der Waals surface area (Å²) in [7, 11) is 2.09. The van der Waals surface area contributed by atoms with Gasteiger partial charge in [0, 0.05) is 31.7 Å². The van der Waals surface area contributed by atoms with Crippen molar-refractivity contribution < 1.29 is 4.79 Å². The molecule has 0 aromatic carbocycles. The largest absolute Gasteiger partial charge is 0.352 e. The van der Waals surface area contributed by atoms with Crippen molar-refractivity contribution in [3.05, 3.63) is 18.5 Å². The van der Waals surface area contributed by atoms with E-state index in [1.54, 1.807) is 10.8 Å². The van der Waals surface area contributed by atoms with E-state index in [0.29, 0.717) is 18.0 Å². The molecule has 4 heterocycles. The Morgan fingerprint density at radius 3 is 2.83 bits per heavy atom. The summed E-state index contributed by atoms with van der Waals surface area (Å²) in [4.78, 5) is 19.2. The van der Waals surface area contributed by atoms with Crippen LogP contribution in [0.15, 0.2) is 18.5 Å². The molecule has 3 fully saturated rings. The minimum Gasteiger partial charge on any atom is -0.352 e. The lowest BCUT2D eigenvalue weighted by Crippen LogP contribution is -2.62. The first kappa shape index (κ1) is 14.2. The zero-order valence-corrected chi connectivity index (χ0v) is 13.7. The number of likely N-dealkylation sites (N-methyl/N-ethyl adjacent to an activating group) is 1. The van der Waals surface area contributed by atoms with Gasteiger partial charge in [0.05, 0.1) is 6.04 Å². The number of carbonyl (C=O) groups is 1. The monoisotopic (exact) mass is 327 g/mol. The second-order valence-corrected chi connectivity index (χ2v) is 7.12. The number of amides is 1. The van der Waals surface area contributed by atoms with E-state index >= 15 is 0 Å². The Hall–Kier alpha value is -2.22. The number of fused-ring (bicyclic) bond motifs is 1. The summed E-state index contributed by atoms with van der Waals surface area (Å²) in [5.41, 5.74) is 0.754. The van der Waals surface area contributed by atoms with Crippen molar-refractivity contribution in [3.63, 3.8) is 0 Å². The van der Waals surface area contributed by atoms with Crippen molar-refractivity contribution in [2.75, 3.05) is 31.6 Å². The molecule has 0 N–H and O–H groups in total. The number of rotatable bonds is 4. The summed E-state index contributed by atoms with van der Waals surface area (Å²) in [6.07, 6.45) is 4.96. The molecule has 0 spiro atoms. The maximum Gasteiger partial charge on any atom is 0.240 e. The smallest absolute Gasteiger partial charge is 0.240 e. The number of carbonyl (C=O) groups excluding carboxylic acids is 1. The van der Waals surface area contributed by atoms with Gasteiger partial charge in [-0.05, 0) is 38.4 Å². The van der Waals surface area contributed by atoms with Crippen LogP contribution in [0.25, 0.3) is 5.65 Å². The summed E-state index contributed by atoms with van der Waals surface area (Å²) in [6, 6.07) is 4.92. The molecule has 1 saturated carbocycles. The molecule has 126 valence electrons. The average molecular weight is 327 g/mol. The minimum atomic E-state index is 0.0611. The third-order valence-electron chi connectivity index (χ3n) is 5.60. The van der Waals surface area contributed by atoms with Gasteiger partial charge >= 0.3 is 0 Å². The second-order valence-electron chi connectivity index (χ2n) is 7.12. The highest BCUT2D eigenvalue weighted by Crippen LogP contribution is 2.33. The number of anilines is 1. The third kappa shape index (κ3) is 2.16. The Bertz CT molecular complexity index is 780. The summed E-state index contributed by atoms with van der Waals surface area (Å²) in [5, 5.41) is 12.4. The molecule has 3 aliphatic rings. The van der Waals surface area contributed by atoms with Crippen molar-refractivity contribution in [1.82, 2.24) is 29.6 Å². The van der Waals surface area contributed by atoms with E-state index in [1.807, 2.05) is 12.1 Å². The molecule has 0 bridgehead atoms. The van der Waals surface area contributed by atoms with Crippen LogP contribution >= 0.6 is 0 Å². The summed E-state index contributed by atoms with van der Waals surface area (Å²) < 4.78 is 1.69. The quantitative estimate of drug-likeness (QED) is 0.788. The van der Waals surface area contributed by atoms with E-state index in [2.05, 4.69) is 37.0 Å². The van der Waals surface area contributed by atoms with Gasteiger partial charge in [0.25, 0.3) is 0 Å². The molecule has 2 aromatic heterocycles. The Morgan fingerprint density at radius 1 is 1.21 bits per heavy atom. The van der Waals surface area contributed by atoms with Gasteiger partial charge in [0.2, 0.25) is 5.91 Å². The van der Waals surface area contributed by atoms with Gasteiger partial charge in [0.15, 0.2) is 5.65 Å². The minimum absolute atomic E-state index is 0.0611. The lowest BCUT2D eigenvalue weighted by atomic mass is 10.0. The second kappa shape index (κ2) is 5.14. The first-order valence-electron chi connectivity index (χ1n) is 8.65. The highest BCUT2D eigenvalue weighted by molar-refractivity contribution is 5.84. The number of nitrogens with zero attached hydrogens (tertiary/aromatic N) is 7. The molecular weight excluding hydrogens is 306 g/mol. The molecule has 8 heteroatoms. The maximum absolute atomic E-state index is 12.6. The molecule has 5 rings (SSSR count). The van der Waals surface area contributed by atoms with Crippen molar-refractivity contribution in [2.45, 2.75) is 37.4 Å². The zero-order valence-electron chi connectivity index (χ0n) is 13.7. The van der Waals surface area contributed by atoms with Crippen LogP contribution in [-0.4, -0.2) is 80.3 Å². The van der Waals surface area contributed by atoms with E-state index in [-0.39, 0.29) is 6.04 Å². The van der Waals surface area contributed by atoms with Crippen molar-refractivity contribution >= 4 is 17.4 Å².